The third-order valence-corrected chi connectivity index (χ3v) is 2.82. The second-order valence-electron chi connectivity index (χ2n) is 3.87. The maximum Gasteiger partial charge on any atom is 0.307 e. The maximum absolute atomic E-state index is 11.3. The van der Waals surface area contributed by atoms with Crippen molar-refractivity contribution in [2.24, 2.45) is 11.7 Å². The van der Waals surface area contributed by atoms with Gasteiger partial charge in [0.05, 0.1) is 19.4 Å². The van der Waals surface area contributed by atoms with Gasteiger partial charge in [-0.15, -0.1) is 0 Å². The van der Waals surface area contributed by atoms with Crippen LogP contribution < -0.4 is 10.5 Å². The van der Waals surface area contributed by atoms with Crippen molar-refractivity contribution in [3.63, 3.8) is 0 Å². The molecule has 0 radical (unpaired) electrons. The molecule has 0 saturated carbocycles. The monoisotopic (exact) mass is 235 g/mol. The molecule has 2 rings (SSSR count). The Bertz CT molecular complexity index is 458. The molecule has 2 atom stereocenters. The van der Waals surface area contributed by atoms with Crippen LogP contribution in [0.25, 0.3) is 0 Å². The molecule has 0 spiro atoms. The van der Waals surface area contributed by atoms with Crippen molar-refractivity contribution < 1.29 is 19.1 Å². The van der Waals surface area contributed by atoms with Gasteiger partial charge in [0, 0.05) is 5.56 Å². The van der Waals surface area contributed by atoms with Crippen LogP contribution in [0.15, 0.2) is 24.3 Å². The molecule has 1 aliphatic heterocycles. The molecular weight excluding hydrogens is 222 g/mol. The molecule has 0 aliphatic carbocycles. The van der Waals surface area contributed by atoms with Gasteiger partial charge in [0.2, 0.25) is 5.91 Å². The Morgan fingerprint density at radius 1 is 1.47 bits per heavy atom. The molecule has 0 bridgehead atoms. The van der Waals surface area contributed by atoms with E-state index in [2.05, 4.69) is 0 Å². The predicted molar refractivity (Wildman–Crippen MR) is 59.1 cm³/mol. The number of para-hydroxylation sites is 1. The van der Waals surface area contributed by atoms with Gasteiger partial charge in [0.15, 0.2) is 0 Å². The maximum atomic E-state index is 11.3. The number of carbonyl (C=O) groups excluding carboxylic acids is 2. The molecule has 5 nitrogen and oxygen atoms in total. The quantitative estimate of drug-likeness (QED) is 0.785. The first kappa shape index (κ1) is 11.4. The van der Waals surface area contributed by atoms with E-state index in [0.717, 1.165) is 0 Å². The number of methoxy groups -OCH3 is 1. The van der Waals surface area contributed by atoms with E-state index in [0.29, 0.717) is 11.3 Å². The fourth-order valence-corrected chi connectivity index (χ4v) is 1.99. The van der Waals surface area contributed by atoms with Crippen molar-refractivity contribution in [3.8, 4) is 5.75 Å². The van der Waals surface area contributed by atoms with Crippen molar-refractivity contribution in [1.82, 2.24) is 0 Å². The lowest BCUT2D eigenvalue weighted by Crippen LogP contribution is -2.25. The molecule has 0 unspecified atom stereocenters. The summed E-state index contributed by atoms with van der Waals surface area (Å²) in [5.74, 6) is -0.992. The van der Waals surface area contributed by atoms with Crippen LogP contribution in [-0.4, -0.2) is 19.0 Å². The number of ether oxygens (including phenoxy) is 2. The molecule has 1 fully saturated rings. The lowest BCUT2D eigenvalue weighted by Gasteiger charge is -2.17. The number of benzene rings is 1. The number of carbonyl (C=O) groups is 2. The molecule has 1 heterocycles. The first-order chi connectivity index (χ1) is 8.13. The van der Waals surface area contributed by atoms with Crippen LogP contribution in [0.2, 0.25) is 0 Å². The SMILES string of the molecule is COc1ccccc1[C@@H]1OC(=O)C[C@@H]1C(N)=O. The second-order valence-corrected chi connectivity index (χ2v) is 3.87. The van der Waals surface area contributed by atoms with E-state index >= 15 is 0 Å². The van der Waals surface area contributed by atoms with E-state index in [-0.39, 0.29) is 6.42 Å². The third kappa shape index (κ3) is 2.08. The van der Waals surface area contributed by atoms with E-state index < -0.39 is 23.9 Å². The van der Waals surface area contributed by atoms with Crippen LogP contribution in [0.4, 0.5) is 0 Å². The van der Waals surface area contributed by atoms with Gasteiger partial charge in [0.25, 0.3) is 0 Å². The van der Waals surface area contributed by atoms with Gasteiger partial charge in [-0.1, -0.05) is 18.2 Å². The summed E-state index contributed by atoms with van der Waals surface area (Å²) in [5, 5.41) is 0. The molecule has 5 heteroatoms. The zero-order valence-corrected chi connectivity index (χ0v) is 9.38. The average molecular weight is 235 g/mol. The summed E-state index contributed by atoms with van der Waals surface area (Å²) in [6.45, 7) is 0. The van der Waals surface area contributed by atoms with Crippen LogP contribution >= 0.6 is 0 Å². The summed E-state index contributed by atoms with van der Waals surface area (Å²) in [4.78, 5) is 22.6. The topological polar surface area (TPSA) is 78.6 Å². The minimum atomic E-state index is -0.642. The Labute approximate surface area is 98.5 Å². The second kappa shape index (κ2) is 4.45. The van der Waals surface area contributed by atoms with Crippen molar-refractivity contribution in [2.45, 2.75) is 12.5 Å². The van der Waals surface area contributed by atoms with E-state index in [9.17, 15) is 9.59 Å². The van der Waals surface area contributed by atoms with Crippen LogP contribution in [-0.2, 0) is 14.3 Å². The van der Waals surface area contributed by atoms with E-state index in [1.54, 1.807) is 24.3 Å². The standard InChI is InChI=1S/C12H13NO4/c1-16-9-5-3-2-4-7(9)11-8(12(13)15)6-10(14)17-11/h2-5,8,11H,6H2,1H3,(H2,13,15)/t8-,11-/m0/s1. The van der Waals surface area contributed by atoms with Gasteiger partial charge in [-0.3, -0.25) is 9.59 Å². The fraction of sp³-hybridized carbons (Fsp3) is 0.333. The van der Waals surface area contributed by atoms with Gasteiger partial charge < -0.3 is 15.2 Å². The number of nitrogens with two attached hydrogens (primary N) is 1. The van der Waals surface area contributed by atoms with Crippen molar-refractivity contribution in [2.75, 3.05) is 7.11 Å². The normalized spacial score (nSPS) is 23.2. The van der Waals surface area contributed by atoms with Gasteiger partial charge in [-0.05, 0) is 6.07 Å². The lowest BCUT2D eigenvalue weighted by atomic mass is 9.94. The number of hydrogen-bond donors (Lipinski definition) is 1. The van der Waals surface area contributed by atoms with Crippen LogP contribution in [0.3, 0.4) is 0 Å². The van der Waals surface area contributed by atoms with Crippen LogP contribution in [0, 0.1) is 5.92 Å². The molecule has 90 valence electrons. The summed E-state index contributed by atoms with van der Waals surface area (Å²) in [7, 11) is 1.52. The van der Waals surface area contributed by atoms with E-state index in [1.807, 2.05) is 0 Å². The number of rotatable bonds is 3. The van der Waals surface area contributed by atoms with E-state index in [1.165, 1.54) is 7.11 Å². The predicted octanol–water partition coefficient (Wildman–Crippen LogP) is 0.785. The highest BCUT2D eigenvalue weighted by Gasteiger charge is 2.40. The highest BCUT2D eigenvalue weighted by atomic mass is 16.6. The van der Waals surface area contributed by atoms with Crippen LogP contribution in [0.1, 0.15) is 18.1 Å². The summed E-state index contributed by atoms with van der Waals surface area (Å²) in [6, 6.07) is 7.11. The average Bonchev–Trinajstić information content (AvgIpc) is 2.71. The fourth-order valence-electron chi connectivity index (χ4n) is 1.99. The Morgan fingerprint density at radius 3 is 2.82 bits per heavy atom. The summed E-state index contributed by atoms with van der Waals surface area (Å²) in [6.07, 6.45) is -0.617. The number of hydrogen-bond acceptors (Lipinski definition) is 4. The highest BCUT2D eigenvalue weighted by Crippen LogP contribution is 2.39. The van der Waals surface area contributed by atoms with E-state index in [4.69, 9.17) is 15.2 Å². The molecule has 1 aromatic rings. The van der Waals surface area contributed by atoms with Crippen LogP contribution in [0.5, 0.6) is 5.75 Å². The third-order valence-electron chi connectivity index (χ3n) is 2.82. The van der Waals surface area contributed by atoms with Gasteiger partial charge in [-0.25, -0.2) is 0 Å². The zero-order chi connectivity index (χ0) is 12.4. The Balaban J connectivity index is 2.38. The Hall–Kier alpha value is -2.04. The number of primary amides is 1. The van der Waals surface area contributed by atoms with Gasteiger partial charge in [0.1, 0.15) is 11.9 Å². The molecule has 1 saturated heterocycles. The molecule has 1 aromatic carbocycles. The molecule has 2 N–H and O–H groups in total. The number of cyclic esters (lactones) is 1. The van der Waals surface area contributed by atoms with Crippen molar-refractivity contribution >= 4 is 11.9 Å². The molecule has 0 aromatic heterocycles. The molecule has 1 aliphatic rings. The molecular formula is C12H13NO4. The zero-order valence-electron chi connectivity index (χ0n) is 9.38. The number of esters is 1. The van der Waals surface area contributed by atoms with Gasteiger partial charge >= 0.3 is 5.97 Å². The first-order valence-electron chi connectivity index (χ1n) is 5.25. The largest absolute Gasteiger partial charge is 0.496 e. The minimum Gasteiger partial charge on any atom is -0.496 e. The molecule has 1 amide bonds. The Morgan fingerprint density at radius 2 is 2.18 bits per heavy atom. The van der Waals surface area contributed by atoms with Crippen molar-refractivity contribution in [3.05, 3.63) is 29.8 Å². The summed E-state index contributed by atoms with van der Waals surface area (Å²) < 4.78 is 10.3. The minimum absolute atomic E-state index is 0.0258. The first-order valence-corrected chi connectivity index (χ1v) is 5.25. The Kier molecular flexibility index (Phi) is 2.99. The van der Waals surface area contributed by atoms with Crippen molar-refractivity contribution in [1.29, 1.82) is 0 Å². The smallest absolute Gasteiger partial charge is 0.307 e. The summed E-state index contributed by atoms with van der Waals surface area (Å²) >= 11 is 0. The summed E-state index contributed by atoms with van der Waals surface area (Å²) in [5.41, 5.74) is 5.94. The van der Waals surface area contributed by atoms with Gasteiger partial charge in [-0.2, -0.15) is 0 Å². The lowest BCUT2D eigenvalue weighted by molar-refractivity contribution is -0.141. The molecule has 17 heavy (non-hydrogen) atoms. The number of amides is 1. The highest BCUT2D eigenvalue weighted by molar-refractivity contribution is 5.86.